The molecule has 1 heterocycles. The molecule has 20 heavy (non-hydrogen) atoms. The van der Waals surface area contributed by atoms with E-state index in [1.807, 2.05) is 0 Å². The first-order valence-corrected chi connectivity index (χ1v) is 6.18. The quantitative estimate of drug-likeness (QED) is 0.616. The minimum atomic E-state index is -4.44. The van der Waals surface area contributed by atoms with Gasteiger partial charge in [-0.3, -0.25) is 0 Å². The lowest BCUT2D eigenvalue weighted by atomic mass is 9.98. The van der Waals surface area contributed by atoms with Gasteiger partial charge in [0.25, 0.3) is 0 Å². The number of nitrogens with two attached hydrogens (primary N) is 1. The summed E-state index contributed by atoms with van der Waals surface area (Å²) in [6.07, 6.45) is -3.01. The van der Waals surface area contributed by atoms with Gasteiger partial charge in [0.15, 0.2) is 0 Å². The molecule has 2 nitrogen and oxygen atoms in total. The van der Waals surface area contributed by atoms with Gasteiger partial charge in [-0.1, -0.05) is 11.6 Å². The van der Waals surface area contributed by atoms with Crippen molar-refractivity contribution in [2.45, 2.75) is 20.0 Å². The lowest BCUT2D eigenvalue weighted by Crippen LogP contribution is -2.09. The van der Waals surface area contributed by atoms with Crippen molar-refractivity contribution in [1.82, 2.24) is 4.98 Å². The van der Waals surface area contributed by atoms with E-state index in [2.05, 4.69) is 4.98 Å². The van der Waals surface area contributed by atoms with Crippen LogP contribution in [-0.2, 0) is 6.18 Å². The molecular formula is C14H12ClF3N2. The normalized spacial score (nSPS) is 11.7. The Balaban J connectivity index is 2.63. The van der Waals surface area contributed by atoms with E-state index in [4.69, 9.17) is 17.3 Å². The highest BCUT2D eigenvalue weighted by molar-refractivity contribution is 6.30. The Hall–Kier alpha value is -1.75. The van der Waals surface area contributed by atoms with Gasteiger partial charge in [0.2, 0.25) is 0 Å². The maximum absolute atomic E-state index is 13.0. The molecule has 1 aromatic carbocycles. The van der Waals surface area contributed by atoms with Crippen LogP contribution >= 0.6 is 11.6 Å². The Kier molecular flexibility index (Phi) is 3.65. The summed E-state index contributed by atoms with van der Waals surface area (Å²) in [6.45, 7) is 3.09. The predicted molar refractivity (Wildman–Crippen MR) is 73.6 cm³/mol. The van der Waals surface area contributed by atoms with Crippen LogP contribution in [0, 0.1) is 13.8 Å². The molecule has 0 bridgehead atoms. The van der Waals surface area contributed by atoms with E-state index in [1.54, 1.807) is 13.0 Å². The second-order valence-electron chi connectivity index (χ2n) is 4.57. The second kappa shape index (κ2) is 4.98. The Labute approximate surface area is 119 Å². The topological polar surface area (TPSA) is 38.9 Å². The van der Waals surface area contributed by atoms with Crippen molar-refractivity contribution in [2.75, 3.05) is 5.73 Å². The van der Waals surface area contributed by atoms with Gasteiger partial charge in [-0.25, -0.2) is 4.98 Å². The summed E-state index contributed by atoms with van der Waals surface area (Å²) in [5, 5.41) is 0.324. The molecule has 2 N–H and O–H groups in total. The number of hydrogen-bond acceptors (Lipinski definition) is 2. The molecule has 0 saturated heterocycles. The van der Waals surface area contributed by atoms with E-state index in [9.17, 15) is 13.2 Å². The molecule has 6 heteroatoms. The largest absolute Gasteiger partial charge is 0.416 e. The molecule has 0 spiro atoms. The van der Waals surface area contributed by atoms with Crippen LogP contribution in [-0.4, -0.2) is 4.98 Å². The fourth-order valence-electron chi connectivity index (χ4n) is 1.91. The van der Waals surface area contributed by atoms with Crippen molar-refractivity contribution in [3.05, 3.63) is 46.2 Å². The maximum Gasteiger partial charge on any atom is 0.416 e. The van der Waals surface area contributed by atoms with Gasteiger partial charge in [0, 0.05) is 17.4 Å². The third-order valence-electron chi connectivity index (χ3n) is 3.10. The number of rotatable bonds is 1. The Bertz CT molecular complexity index is 666. The number of pyridine rings is 1. The van der Waals surface area contributed by atoms with Crippen molar-refractivity contribution >= 4 is 17.3 Å². The molecule has 0 amide bonds. The van der Waals surface area contributed by atoms with Gasteiger partial charge in [0.05, 0.1) is 5.56 Å². The molecule has 2 rings (SSSR count). The van der Waals surface area contributed by atoms with E-state index in [0.29, 0.717) is 21.8 Å². The molecule has 0 unspecified atom stereocenters. The van der Waals surface area contributed by atoms with Crippen molar-refractivity contribution in [3.63, 3.8) is 0 Å². The van der Waals surface area contributed by atoms with Crippen LogP contribution in [0.5, 0.6) is 0 Å². The predicted octanol–water partition coefficient (Wildman–Crippen LogP) is 4.62. The number of anilines is 1. The summed E-state index contributed by atoms with van der Waals surface area (Å²) in [5.41, 5.74) is 6.67. The van der Waals surface area contributed by atoms with Crippen LogP contribution in [0.3, 0.4) is 0 Å². The van der Waals surface area contributed by atoms with Gasteiger partial charge in [-0.15, -0.1) is 0 Å². The average molecular weight is 301 g/mol. The lowest BCUT2D eigenvalue weighted by Gasteiger charge is -2.15. The molecule has 0 radical (unpaired) electrons. The molecule has 0 aliphatic heterocycles. The van der Waals surface area contributed by atoms with Crippen molar-refractivity contribution in [3.8, 4) is 11.1 Å². The van der Waals surface area contributed by atoms with Gasteiger partial charge >= 0.3 is 6.18 Å². The summed E-state index contributed by atoms with van der Waals surface area (Å²) >= 11 is 5.81. The minimum Gasteiger partial charge on any atom is -0.398 e. The maximum atomic E-state index is 13.0. The summed E-state index contributed by atoms with van der Waals surface area (Å²) in [6, 6.07) is 4.27. The first kappa shape index (κ1) is 14.7. The summed E-state index contributed by atoms with van der Waals surface area (Å²) in [7, 11) is 0. The third kappa shape index (κ3) is 2.72. The minimum absolute atomic E-state index is 0.0277. The molecule has 1 aromatic heterocycles. The molecule has 0 atom stereocenters. The van der Waals surface area contributed by atoms with Gasteiger partial charge in [0.1, 0.15) is 5.15 Å². The van der Waals surface area contributed by atoms with Gasteiger partial charge < -0.3 is 5.73 Å². The van der Waals surface area contributed by atoms with Crippen molar-refractivity contribution in [2.24, 2.45) is 0 Å². The number of nitrogen functional groups attached to an aromatic ring is 1. The smallest absolute Gasteiger partial charge is 0.398 e. The Morgan fingerprint density at radius 3 is 2.30 bits per heavy atom. The molecule has 0 fully saturated rings. The SMILES string of the molecule is Cc1cc(-c2cc(N)c(C)c(C(F)(F)F)c2)cnc1Cl. The zero-order valence-corrected chi connectivity index (χ0v) is 11.6. The number of aromatic nitrogens is 1. The summed E-state index contributed by atoms with van der Waals surface area (Å²) < 4.78 is 38.9. The fourth-order valence-corrected chi connectivity index (χ4v) is 2.02. The number of aryl methyl sites for hydroxylation is 1. The van der Waals surface area contributed by atoms with E-state index in [1.165, 1.54) is 19.2 Å². The van der Waals surface area contributed by atoms with Gasteiger partial charge in [-0.05, 0) is 48.7 Å². The van der Waals surface area contributed by atoms with Crippen molar-refractivity contribution < 1.29 is 13.2 Å². The molecule has 0 aliphatic rings. The highest BCUT2D eigenvalue weighted by atomic mass is 35.5. The standard InChI is InChI=1S/C14H12ClF3N2/c1-7-3-10(6-20-13(7)15)9-4-11(14(16,17)18)8(2)12(19)5-9/h3-6H,19H2,1-2H3. The first-order valence-electron chi connectivity index (χ1n) is 5.80. The number of halogens is 4. The zero-order chi connectivity index (χ0) is 15.1. The van der Waals surface area contributed by atoms with Crippen LogP contribution in [0.25, 0.3) is 11.1 Å². The van der Waals surface area contributed by atoms with Crippen LogP contribution in [0.1, 0.15) is 16.7 Å². The van der Waals surface area contributed by atoms with Crippen LogP contribution < -0.4 is 5.73 Å². The van der Waals surface area contributed by atoms with Crippen LogP contribution in [0.15, 0.2) is 24.4 Å². The molecule has 106 valence electrons. The number of hydrogen-bond donors (Lipinski definition) is 1. The van der Waals surface area contributed by atoms with Gasteiger partial charge in [-0.2, -0.15) is 13.2 Å². The summed E-state index contributed by atoms with van der Waals surface area (Å²) in [5.74, 6) is 0. The van der Waals surface area contributed by atoms with E-state index >= 15 is 0 Å². The third-order valence-corrected chi connectivity index (χ3v) is 3.50. The Morgan fingerprint density at radius 1 is 1.10 bits per heavy atom. The molecular weight excluding hydrogens is 289 g/mol. The van der Waals surface area contributed by atoms with Crippen LogP contribution in [0.4, 0.5) is 18.9 Å². The lowest BCUT2D eigenvalue weighted by molar-refractivity contribution is -0.137. The molecule has 0 aliphatic carbocycles. The van der Waals surface area contributed by atoms with E-state index in [-0.39, 0.29) is 11.3 Å². The Morgan fingerprint density at radius 2 is 1.75 bits per heavy atom. The monoisotopic (exact) mass is 300 g/mol. The highest BCUT2D eigenvalue weighted by Crippen LogP contribution is 2.37. The highest BCUT2D eigenvalue weighted by Gasteiger charge is 2.33. The van der Waals surface area contributed by atoms with Crippen molar-refractivity contribution in [1.29, 1.82) is 0 Å². The second-order valence-corrected chi connectivity index (χ2v) is 4.93. The van der Waals surface area contributed by atoms with E-state index < -0.39 is 11.7 Å². The fraction of sp³-hybridized carbons (Fsp3) is 0.214. The number of nitrogens with zero attached hydrogens (tertiary/aromatic N) is 1. The molecule has 2 aromatic rings. The molecule has 0 saturated carbocycles. The van der Waals surface area contributed by atoms with E-state index in [0.717, 1.165) is 6.07 Å². The van der Waals surface area contributed by atoms with Crippen LogP contribution in [0.2, 0.25) is 5.15 Å². The zero-order valence-electron chi connectivity index (χ0n) is 10.8. The average Bonchev–Trinajstić information content (AvgIpc) is 2.34. The number of benzene rings is 1. The first-order chi connectivity index (χ1) is 9.20. The number of alkyl halides is 3. The summed E-state index contributed by atoms with van der Waals surface area (Å²) in [4.78, 5) is 3.94.